The van der Waals surface area contributed by atoms with Crippen molar-refractivity contribution in [2.24, 2.45) is 0 Å². The minimum Gasteiger partial charge on any atom is -0.489 e. The maximum Gasteiger partial charge on any atom is 0.315 e. The summed E-state index contributed by atoms with van der Waals surface area (Å²) in [7, 11) is 0. The zero-order chi connectivity index (χ0) is 18.8. The van der Waals surface area contributed by atoms with E-state index in [-0.39, 0.29) is 24.9 Å². The van der Waals surface area contributed by atoms with Gasteiger partial charge in [-0.05, 0) is 41.8 Å². The number of amides is 2. The summed E-state index contributed by atoms with van der Waals surface area (Å²) in [5.41, 5.74) is 1.64. The van der Waals surface area contributed by atoms with E-state index in [1.54, 1.807) is 24.3 Å². The van der Waals surface area contributed by atoms with E-state index in [1.807, 2.05) is 12.1 Å². The quantitative estimate of drug-likeness (QED) is 0.600. The highest BCUT2D eigenvalue weighted by Gasteiger charge is 2.02. The SMILES string of the molecule is O=C(O)CCCNC(=O)NCc1ccc(OCc2cccc(F)c2)cc1. The van der Waals surface area contributed by atoms with Gasteiger partial charge in [0.1, 0.15) is 18.2 Å². The molecule has 0 radical (unpaired) electrons. The summed E-state index contributed by atoms with van der Waals surface area (Å²) in [5, 5.41) is 13.8. The van der Waals surface area contributed by atoms with Gasteiger partial charge in [-0.3, -0.25) is 4.79 Å². The van der Waals surface area contributed by atoms with Crippen molar-refractivity contribution in [3.05, 3.63) is 65.5 Å². The second-order valence-corrected chi connectivity index (χ2v) is 5.67. The normalized spacial score (nSPS) is 10.2. The van der Waals surface area contributed by atoms with Crippen molar-refractivity contribution in [2.45, 2.75) is 26.0 Å². The van der Waals surface area contributed by atoms with Gasteiger partial charge in [0.2, 0.25) is 0 Å². The van der Waals surface area contributed by atoms with E-state index >= 15 is 0 Å². The first-order valence-corrected chi connectivity index (χ1v) is 8.22. The summed E-state index contributed by atoms with van der Waals surface area (Å²) in [6.45, 7) is 0.925. The van der Waals surface area contributed by atoms with E-state index in [2.05, 4.69) is 10.6 Å². The highest BCUT2D eigenvalue weighted by molar-refractivity contribution is 5.73. The van der Waals surface area contributed by atoms with Crippen molar-refractivity contribution in [3.8, 4) is 5.75 Å². The molecule has 0 bridgehead atoms. The molecule has 0 unspecified atom stereocenters. The van der Waals surface area contributed by atoms with Crippen LogP contribution in [0.3, 0.4) is 0 Å². The van der Waals surface area contributed by atoms with Crippen molar-refractivity contribution < 1.29 is 23.8 Å². The number of halogens is 1. The van der Waals surface area contributed by atoms with E-state index in [4.69, 9.17) is 9.84 Å². The summed E-state index contributed by atoms with van der Waals surface area (Å²) >= 11 is 0. The second kappa shape index (κ2) is 10.0. The number of aliphatic carboxylic acids is 1. The van der Waals surface area contributed by atoms with Gasteiger partial charge in [0.15, 0.2) is 0 Å². The Morgan fingerprint density at radius 3 is 2.50 bits per heavy atom. The predicted octanol–water partition coefficient (Wildman–Crippen LogP) is 3.07. The number of hydrogen-bond acceptors (Lipinski definition) is 3. The molecule has 0 aromatic heterocycles. The van der Waals surface area contributed by atoms with Crippen LogP contribution in [0.4, 0.5) is 9.18 Å². The Balaban J connectivity index is 1.70. The summed E-state index contributed by atoms with van der Waals surface area (Å²) in [5.74, 6) is -0.531. The van der Waals surface area contributed by atoms with E-state index in [0.29, 0.717) is 25.3 Å². The molecular weight excluding hydrogens is 339 g/mol. The highest BCUT2D eigenvalue weighted by atomic mass is 19.1. The fourth-order valence-corrected chi connectivity index (χ4v) is 2.18. The molecule has 0 aliphatic rings. The molecule has 6 nitrogen and oxygen atoms in total. The average Bonchev–Trinajstić information content (AvgIpc) is 2.62. The number of ether oxygens (including phenoxy) is 1. The van der Waals surface area contributed by atoms with Gasteiger partial charge in [0.05, 0.1) is 0 Å². The van der Waals surface area contributed by atoms with E-state index in [9.17, 15) is 14.0 Å². The fraction of sp³-hybridized carbons (Fsp3) is 0.263. The van der Waals surface area contributed by atoms with Crippen LogP contribution in [0.5, 0.6) is 5.75 Å². The summed E-state index contributed by atoms with van der Waals surface area (Å²) in [6, 6.07) is 13.1. The van der Waals surface area contributed by atoms with Gasteiger partial charge in [0.25, 0.3) is 0 Å². The first-order valence-electron chi connectivity index (χ1n) is 8.22. The van der Waals surface area contributed by atoms with E-state index in [1.165, 1.54) is 12.1 Å². The Labute approximate surface area is 151 Å². The van der Waals surface area contributed by atoms with Gasteiger partial charge in [-0.25, -0.2) is 9.18 Å². The van der Waals surface area contributed by atoms with Crippen LogP contribution in [0, 0.1) is 5.82 Å². The van der Waals surface area contributed by atoms with Crippen LogP contribution in [0.1, 0.15) is 24.0 Å². The average molecular weight is 360 g/mol. The molecule has 0 aliphatic heterocycles. The number of carboxylic acid groups (broad SMARTS) is 1. The Bertz CT molecular complexity index is 735. The molecule has 26 heavy (non-hydrogen) atoms. The third kappa shape index (κ3) is 7.21. The molecule has 0 atom stereocenters. The third-order valence-electron chi connectivity index (χ3n) is 3.52. The number of carbonyl (C=O) groups is 2. The maximum absolute atomic E-state index is 13.1. The van der Waals surface area contributed by atoms with Crippen LogP contribution < -0.4 is 15.4 Å². The molecule has 2 aromatic carbocycles. The molecule has 2 aromatic rings. The number of carboxylic acids is 1. The van der Waals surface area contributed by atoms with Gasteiger partial charge in [-0.15, -0.1) is 0 Å². The third-order valence-corrected chi connectivity index (χ3v) is 3.52. The van der Waals surface area contributed by atoms with E-state index in [0.717, 1.165) is 11.1 Å². The zero-order valence-electron chi connectivity index (χ0n) is 14.2. The van der Waals surface area contributed by atoms with Crippen LogP contribution in [0.2, 0.25) is 0 Å². The maximum atomic E-state index is 13.1. The lowest BCUT2D eigenvalue weighted by atomic mass is 10.2. The van der Waals surface area contributed by atoms with Crippen molar-refractivity contribution in [1.82, 2.24) is 10.6 Å². The number of hydrogen-bond donors (Lipinski definition) is 3. The molecule has 7 heteroatoms. The molecule has 0 spiro atoms. The first kappa shape index (κ1) is 19.2. The Hall–Kier alpha value is -3.09. The minimum absolute atomic E-state index is 0.0252. The second-order valence-electron chi connectivity index (χ2n) is 5.67. The van der Waals surface area contributed by atoms with E-state index < -0.39 is 5.97 Å². The van der Waals surface area contributed by atoms with Crippen LogP contribution >= 0.6 is 0 Å². The van der Waals surface area contributed by atoms with Crippen molar-refractivity contribution in [1.29, 1.82) is 0 Å². The molecule has 2 rings (SSSR count). The van der Waals surface area contributed by atoms with Crippen LogP contribution in [0.25, 0.3) is 0 Å². The number of rotatable bonds is 9. The minimum atomic E-state index is -0.882. The summed E-state index contributed by atoms with van der Waals surface area (Å²) in [6.07, 6.45) is 0.414. The molecule has 0 fully saturated rings. The lowest BCUT2D eigenvalue weighted by Gasteiger charge is -2.09. The number of urea groups is 1. The van der Waals surface area contributed by atoms with Gasteiger partial charge in [-0.2, -0.15) is 0 Å². The van der Waals surface area contributed by atoms with Crippen molar-refractivity contribution >= 4 is 12.0 Å². The lowest BCUT2D eigenvalue weighted by molar-refractivity contribution is -0.137. The van der Waals surface area contributed by atoms with Gasteiger partial charge >= 0.3 is 12.0 Å². The number of carbonyl (C=O) groups excluding carboxylic acids is 1. The molecule has 0 saturated carbocycles. The van der Waals surface area contributed by atoms with Crippen LogP contribution in [-0.2, 0) is 17.9 Å². The van der Waals surface area contributed by atoms with Crippen LogP contribution in [0.15, 0.2) is 48.5 Å². The molecular formula is C19H21FN2O4. The van der Waals surface area contributed by atoms with Crippen molar-refractivity contribution in [3.63, 3.8) is 0 Å². The standard InChI is InChI=1S/C19H21FN2O4/c20-16-4-1-3-15(11-16)13-26-17-8-6-14(7-9-17)12-22-19(25)21-10-2-5-18(23)24/h1,3-4,6-9,11H,2,5,10,12-13H2,(H,23,24)(H2,21,22,25). The highest BCUT2D eigenvalue weighted by Crippen LogP contribution is 2.14. The lowest BCUT2D eigenvalue weighted by Crippen LogP contribution is -2.35. The number of benzene rings is 2. The summed E-state index contributed by atoms with van der Waals surface area (Å²) in [4.78, 5) is 22.0. The van der Waals surface area contributed by atoms with Gasteiger partial charge in [0, 0.05) is 19.5 Å². The van der Waals surface area contributed by atoms with Gasteiger partial charge in [-0.1, -0.05) is 24.3 Å². The Morgan fingerprint density at radius 2 is 1.81 bits per heavy atom. The molecule has 2 amide bonds. The molecule has 138 valence electrons. The van der Waals surface area contributed by atoms with Crippen molar-refractivity contribution in [2.75, 3.05) is 6.54 Å². The zero-order valence-corrected chi connectivity index (χ0v) is 14.2. The molecule has 0 aliphatic carbocycles. The predicted molar refractivity (Wildman–Crippen MR) is 94.3 cm³/mol. The smallest absolute Gasteiger partial charge is 0.315 e. The number of nitrogens with one attached hydrogen (secondary N) is 2. The monoisotopic (exact) mass is 360 g/mol. The fourth-order valence-electron chi connectivity index (χ4n) is 2.18. The molecule has 0 heterocycles. The van der Waals surface area contributed by atoms with Gasteiger partial charge < -0.3 is 20.5 Å². The Morgan fingerprint density at radius 1 is 1.04 bits per heavy atom. The topological polar surface area (TPSA) is 87.7 Å². The Kier molecular flexibility index (Phi) is 7.42. The largest absolute Gasteiger partial charge is 0.489 e. The van der Waals surface area contributed by atoms with Crippen LogP contribution in [-0.4, -0.2) is 23.7 Å². The first-order chi connectivity index (χ1) is 12.5. The molecule has 0 saturated heterocycles. The molecule has 3 N–H and O–H groups in total. The summed E-state index contributed by atoms with van der Waals surface area (Å²) < 4.78 is 18.7.